The first-order valence-corrected chi connectivity index (χ1v) is 7.96. The second-order valence-electron chi connectivity index (χ2n) is 6.25. The molecule has 1 aliphatic carbocycles. The molecule has 116 valence electrons. The molecule has 1 amide bonds. The van der Waals surface area contributed by atoms with Gasteiger partial charge in [-0.1, -0.05) is 17.7 Å². The maximum atomic E-state index is 11.8. The highest BCUT2D eigenvalue weighted by Crippen LogP contribution is 2.38. The Balaban J connectivity index is 1.91. The monoisotopic (exact) mass is 375 g/mol. The van der Waals surface area contributed by atoms with Crippen molar-refractivity contribution in [2.45, 2.75) is 44.8 Å². The summed E-state index contributed by atoms with van der Waals surface area (Å²) in [5.74, 6) is 0.666. The van der Waals surface area contributed by atoms with Gasteiger partial charge in [0.15, 0.2) is 0 Å². The van der Waals surface area contributed by atoms with E-state index in [9.17, 15) is 4.79 Å². The number of halogens is 2. The smallest absolute Gasteiger partial charge is 0.408 e. The molecule has 1 N–H and O–H groups in total. The second kappa shape index (κ2) is 6.05. The molecule has 1 aliphatic rings. The number of ether oxygens (including phenoxy) is 2. The van der Waals surface area contributed by atoms with Gasteiger partial charge in [-0.2, -0.15) is 0 Å². The summed E-state index contributed by atoms with van der Waals surface area (Å²) in [7, 11) is 0. The standard InChI is InChI=1S/C15H19BrClNO3/c1-14(2,3)21-13(19)18-15(7-8-15)9-20-11-6-4-5-10(17)12(11)16/h4-6H,7-9H2,1-3H3,(H,18,19). The minimum atomic E-state index is -0.503. The van der Waals surface area contributed by atoms with Crippen LogP contribution in [-0.2, 0) is 4.74 Å². The Labute approximate surface area is 138 Å². The minimum Gasteiger partial charge on any atom is -0.490 e. The van der Waals surface area contributed by atoms with Crippen LogP contribution >= 0.6 is 27.5 Å². The SMILES string of the molecule is CC(C)(C)OC(=O)NC1(COc2cccc(Cl)c2Br)CC1. The van der Waals surface area contributed by atoms with Crippen LogP contribution in [0.2, 0.25) is 5.02 Å². The molecule has 6 heteroatoms. The first kappa shape index (κ1) is 16.4. The molecule has 0 heterocycles. The molecule has 1 fully saturated rings. The zero-order valence-corrected chi connectivity index (χ0v) is 14.7. The number of carbonyl (C=O) groups is 1. The maximum absolute atomic E-state index is 11.8. The van der Waals surface area contributed by atoms with E-state index < -0.39 is 11.7 Å². The van der Waals surface area contributed by atoms with Crippen LogP contribution in [0, 0.1) is 0 Å². The largest absolute Gasteiger partial charge is 0.490 e. The van der Waals surface area contributed by atoms with Crippen LogP contribution in [0.1, 0.15) is 33.6 Å². The molecule has 0 saturated heterocycles. The molecular weight excluding hydrogens is 358 g/mol. The Kier molecular flexibility index (Phi) is 4.73. The number of hydrogen-bond acceptors (Lipinski definition) is 3. The van der Waals surface area contributed by atoms with Gasteiger partial charge in [-0.05, 0) is 61.7 Å². The molecule has 0 aromatic heterocycles. The third-order valence-electron chi connectivity index (χ3n) is 3.04. The van der Waals surface area contributed by atoms with Crippen molar-refractivity contribution in [1.29, 1.82) is 0 Å². The van der Waals surface area contributed by atoms with Crippen LogP contribution in [0.3, 0.4) is 0 Å². The van der Waals surface area contributed by atoms with Gasteiger partial charge in [0.2, 0.25) is 0 Å². The Morgan fingerprint density at radius 2 is 2.10 bits per heavy atom. The number of benzene rings is 1. The van der Waals surface area contributed by atoms with Crippen molar-refractivity contribution in [3.8, 4) is 5.75 Å². The van der Waals surface area contributed by atoms with Crippen LogP contribution in [0.25, 0.3) is 0 Å². The predicted molar refractivity (Wildman–Crippen MR) is 86.0 cm³/mol. The molecule has 1 aromatic rings. The van der Waals surface area contributed by atoms with E-state index in [0.29, 0.717) is 17.4 Å². The number of alkyl carbamates (subject to hydrolysis) is 1. The normalized spacial score (nSPS) is 16.2. The van der Waals surface area contributed by atoms with Gasteiger partial charge in [-0.3, -0.25) is 0 Å². The van der Waals surface area contributed by atoms with Crippen LogP contribution in [0.4, 0.5) is 4.79 Å². The maximum Gasteiger partial charge on any atom is 0.408 e. The van der Waals surface area contributed by atoms with E-state index >= 15 is 0 Å². The highest BCUT2D eigenvalue weighted by Gasteiger charge is 2.46. The van der Waals surface area contributed by atoms with Crippen molar-refractivity contribution in [1.82, 2.24) is 5.32 Å². The summed E-state index contributed by atoms with van der Waals surface area (Å²) < 4.78 is 11.8. The summed E-state index contributed by atoms with van der Waals surface area (Å²) in [6.07, 6.45) is 1.35. The summed E-state index contributed by atoms with van der Waals surface area (Å²) in [4.78, 5) is 11.8. The van der Waals surface area contributed by atoms with Crippen molar-refractivity contribution in [2.75, 3.05) is 6.61 Å². The molecule has 0 atom stereocenters. The Morgan fingerprint density at radius 1 is 1.43 bits per heavy atom. The van der Waals surface area contributed by atoms with Crippen molar-refractivity contribution < 1.29 is 14.3 Å². The van der Waals surface area contributed by atoms with Gasteiger partial charge in [0, 0.05) is 0 Å². The average molecular weight is 377 g/mol. The summed E-state index contributed by atoms with van der Waals surface area (Å²) >= 11 is 9.41. The van der Waals surface area contributed by atoms with Crippen LogP contribution in [0.5, 0.6) is 5.75 Å². The van der Waals surface area contributed by atoms with Crippen molar-refractivity contribution in [3.05, 3.63) is 27.7 Å². The first-order valence-electron chi connectivity index (χ1n) is 6.79. The second-order valence-corrected chi connectivity index (χ2v) is 7.45. The number of nitrogens with one attached hydrogen (secondary N) is 1. The van der Waals surface area contributed by atoms with Gasteiger partial charge in [0.1, 0.15) is 18.0 Å². The molecule has 1 aromatic carbocycles. The van der Waals surface area contributed by atoms with E-state index in [1.165, 1.54) is 0 Å². The first-order chi connectivity index (χ1) is 9.71. The van der Waals surface area contributed by atoms with E-state index in [4.69, 9.17) is 21.1 Å². The lowest BCUT2D eigenvalue weighted by Crippen LogP contribution is -2.44. The van der Waals surface area contributed by atoms with E-state index in [2.05, 4.69) is 21.2 Å². The quantitative estimate of drug-likeness (QED) is 0.839. The molecule has 0 radical (unpaired) electrons. The molecule has 21 heavy (non-hydrogen) atoms. The average Bonchev–Trinajstić information content (AvgIpc) is 3.09. The van der Waals surface area contributed by atoms with Gasteiger partial charge in [-0.25, -0.2) is 4.79 Å². The lowest BCUT2D eigenvalue weighted by Gasteiger charge is -2.23. The third-order valence-corrected chi connectivity index (χ3v) is 4.40. The molecule has 0 bridgehead atoms. The molecule has 0 spiro atoms. The third kappa shape index (κ3) is 4.78. The summed E-state index contributed by atoms with van der Waals surface area (Å²) in [6.45, 7) is 5.91. The molecular formula is C15H19BrClNO3. The Bertz CT molecular complexity index is 538. The van der Waals surface area contributed by atoms with E-state index in [1.807, 2.05) is 32.9 Å². The number of amides is 1. The number of carbonyl (C=O) groups excluding carboxylic acids is 1. The van der Waals surface area contributed by atoms with Crippen LogP contribution in [-0.4, -0.2) is 23.8 Å². The highest BCUT2D eigenvalue weighted by atomic mass is 79.9. The topological polar surface area (TPSA) is 47.6 Å². The van der Waals surface area contributed by atoms with Crippen molar-refractivity contribution in [2.24, 2.45) is 0 Å². The molecule has 4 nitrogen and oxygen atoms in total. The van der Waals surface area contributed by atoms with Gasteiger partial charge in [0.05, 0.1) is 15.0 Å². The zero-order valence-electron chi connectivity index (χ0n) is 12.3. The molecule has 2 rings (SSSR count). The van der Waals surface area contributed by atoms with Crippen molar-refractivity contribution >= 4 is 33.6 Å². The zero-order chi connectivity index (χ0) is 15.7. The lowest BCUT2D eigenvalue weighted by atomic mass is 10.2. The Hall–Kier alpha value is -0.940. The van der Waals surface area contributed by atoms with Crippen molar-refractivity contribution in [3.63, 3.8) is 0 Å². The fourth-order valence-corrected chi connectivity index (χ4v) is 2.33. The van der Waals surface area contributed by atoms with Gasteiger partial charge in [-0.15, -0.1) is 0 Å². The Morgan fingerprint density at radius 3 is 2.67 bits per heavy atom. The fraction of sp³-hybridized carbons (Fsp3) is 0.533. The summed E-state index contributed by atoms with van der Waals surface area (Å²) in [5.41, 5.74) is -0.832. The van der Waals surface area contributed by atoms with Crippen LogP contribution < -0.4 is 10.1 Å². The minimum absolute atomic E-state index is 0.329. The van der Waals surface area contributed by atoms with E-state index in [0.717, 1.165) is 17.3 Å². The predicted octanol–water partition coefficient (Wildman–Crippen LogP) is 4.54. The van der Waals surface area contributed by atoms with E-state index in [1.54, 1.807) is 6.07 Å². The number of hydrogen-bond donors (Lipinski definition) is 1. The summed E-state index contributed by atoms with van der Waals surface area (Å²) in [5, 5.41) is 3.49. The van der Waals surface area contributed by atoms with Gasteiger partial charge < -0.3 is 14.8 Å². The lowest BCUT2D eigenvalue weighted by molar-refractivity contribution is 0.0477. The van der Waals surface area contributed by atoms with E-state index in [-0.39, 0.29) is 5.54 Å². The molecule has 0 unspecified atom stereocenters. The van der Waals surface area contributed by atoms with Gasteiger partial charge in [0.25, 0.3) is 0 Å². The van der Waals surface area contributed by atoms with Gasteiger partial charge >= 0.3 is 6.09 Å². The fourth-order valence-electron chi connectivity index (χ4n) is 1.79. The highest BCUT2D eigenvalue weighted by molar-refractivity contribution is 9.10. The number of rotatable bonds is 4. The summed E-state index contributed by atoms with van der Waals surface area (Å²) in [6, 6.07) is 5.44. The van der Waals surface area contributed by atoms with Crippen LogP contribution in [0.15, 0.2) is 22.7 Å². The molecule has 1 saturated carbocycles. The molecule has 0 aliphatic heterocycles.